The van der Waals surface area contributed by atoms with Crippen molar-refractivity contribution in [1.82, 2.24) is 0 Å². The van der Waals surface area contributed by atoms with Crippen molar-refractivity contribution >= 4 is 40.2 Å². The SMILES string of the molecule is COc1ccc([N+](=O)[O-])cc1NC(=O)C1CCC(=O)N(c2ccc(C)cc2)C1c1cccs1. The molecule has 2 aromatic carbocycles. The third-order valence-electron chi connectivity index (χ3n) is 5.73. The van der Waals surface area contributed by atoms with Crippen LogP contribution in [0.1, 0.15) is 29.3 Å². The molecule has 33 heavy (non-hydrogen) atoms. The number of non-ortho nitro benzene ring substituents is 1. The second kappa shape index (κ2) is 9.41. The molecule has 2 amide bonds. The lowest BCUT2D eigenvalue weighted by molar-refractivity contribution is -0.384. The van der Waals surface area contributed by atoms with Crippen LogP contribution in [0.15, 0.2) is 60.0 Å². The quantitative estimate of drug-likeness (QED) is 0.403. The molecule has 9 heteroatoms. The fraction of sp³-hybridized carbons (Fsp3) is 0.250. The van der Waals surface area contributed by atoms with E-state index in [1.54, 1.807) is 4.90 Å². The summed E-state index contributed by atoms with van der Waals surface area (Å²) in [5.74, 6) is -0.596. The summed E-state index contributed by atoms with van der Waals surface area (Å²) in [6, 6.07) is 15.0. The van der Waals surface area contributed by atoms with Gasteiger partial charge in [0.2, 0.25) is 11.8 Å². The van der Waals surface area contributed by atoms with Gasteiger partial charge in [-0.3, -0.25) is 19.7 Å². The first-order chi connectivity index (χ1) is 15.9. The summed E-state index contributed by atoms with van der Waals surface area (Å²) in [6.07, 6.45) is 0.590. The minimum atomic E-state index is -0.549. The van der Waals surface area contributed by atoms with Crippen LogP contribution in [0.25, 0.3) is 0 Å². The number of aryl methyl sites for hydroxylation is 1. The summed E-state index contributed by atoms with van der Waals surface area (Å²) in [4.78, 5) is 39.8. The van der Waals surface area contributed by atoms with Crippen molar-refractivity contribution in [2.24, 2.45) is 5.92 Å². The van der Waals surface area contributed by atoms with Crippen molar-refractivity contribution in [2.75, 3.05) is 17.3 Å². The van der Waals surface area contributed by atoms with Gasteiger partial charge in [-0.2, -0.15) is 0 Å². The Hall–Kier alpha value is -3.72. The molecular weight excluding hydrogens is 442 g/mol. The number of nitro benzene ring substituents is 1. The summed E-state index contributed by atoms with van der Waals surface area (Å²) < 4.78 is 5.29. The molecule has 1 aromatic heterocycles. The Morgan fingerprint density at radius 2 is 1.97 bits per heavy atom. The number of carbonyl (C=O) groups excluding carboxylic acids is 2. The molecule has 170 valence electrons. The molecule has 1 saturated heterocycles. The molecule has 8 nitrogen and oxygen atoms in total. The van der Waals surface area contributed by atoms with Gasteiger partial charge in [-0.05, 0) is 43.0 Å². The highest BCUT2D eigenvalue weighted by Crippen LogP contribution is 2.42. The van der Waals surface area contributed by atoms with Crippen LogP contribution >= 0.6 is 11.3 Å². The van der Waals surface area contributed by atoms with Gasteiger partial charge in [-0.25, -0.2) is 0 Å². The first-order valence-corrected chi connectivity index (χ1v) is 11.3. The van der Waals surface area contributed by atoms with Crippen molar-refractivity contribution in [1.29, 1.82) is 0 Å². The van der Waals surface area contributed by atoms with Crippen LogP contribution in [0.4, 0.5) is 17.1 Å². The smallest absolute Gasteiger partial charge is 0.271 e. The fourth-order valence-electron chi connectivity index (χ4n) is 4.09. The van der Waals surface area contributed by atoms with Gasteiger partial charge in [0, 0.05) is 29.1 Å². The first kappa shape index (κ1) is 22.5. The van der Waals surface area contributed by atoms with E-state index in [4.69, 9.17) is 4.74 Å². The number of hydrogen-bond acceptors (Lipinski definition) is 6. The van der Waals surface area contributed by atoms with Crippen LogP contribution in [0.2, 0.25) is 0 Å². The van der Waals surface area contributed by atoms with E-state index >= 15 is 0 Å². The monoisotopic (exact) mass is 465 g/mol. The first-order valence-electron chi connectivity index (χ1n) is 10.4. The third kappa shape index (κ3) is 4.58. The third-order valence-corrected chi connectivity index (χ3v) is 6.68. The number of ether oxygens (including phenoxy) is 1. The molecule has 0 radical (unpaired) electrons. The number of methoxy groups -OCH3 is 1. The van der Waals surface area contributed by atoms with Gasteiger partial charge >= 0.3 is 0 Å². The number of piperidine rings is 1. The molecule has 1 fully saturated rings. The lowest BCUT2D eigenvalue weighted by atomic mass is 9.86. The van der Waals surface area contributed by atoms with E-state index in [0.717, 1.165) is 16.1 Å². The summed E-state index contributed by atoms with van der Waals surface area (Å²) in [5, 5.41) is 15.9. The van der Waals surface area contributed by atoms with Crippen molar-refractivity contribution < 1.29 is 19.2 Å². The van der Waals surface area contributed by atoms with Gasteiger partial charge in [0.05, 0.1) is 29.7 Å². The van der Waals surface area contributed by atoms with Gasteiger partial charge in [0.15, 0.2) is 0 Å². The van der Waals surface area contributed by atoms with Gasteiger partial charge in [-0.1, -0.05) is 23.8 Å². The van der Waals surface area contributed by atoms with E-state index in [0.29, 0.717) is 12.2 Å². The Morgan fingerprint density at radius 1 is 1.21 bits per heavy atom. The largest absolute Gasteiger partial charge is 0.495 e. The average Bonchev–Trinajstić information content (AvgIpc) is 3.34. The zero-order valence-electron chi connectivity index (χ0n) is 18.2. The van der Waals surface area contributed by atoms with Crippen LogP contribution in [0, 0.1) is 23.0 Å². The van der Waals surface area contributed by atoms with E-state index in [1.165, 1.54) is 36.6 Å². The lowest BCUT2D eigenvalue weighted by Gasteiger charge is -2.40. The second-order valence-electron chi connectivity index (χ2n) is 7.84. The number of hydrogen-bond donors (Lipinski definition) is 1. The number of nitro groups is 1. The van der Waals surface area contributed by atoms with Gasteiger partial charge in [0.25, 0.3) is 5.69 Å². The maximum atomic E-state index is 13.5. The molecule has 3 aromatic rings. The summed E-state index contributed by atoms with van der Waals surface area (Å²) in [6.45, 7) is 1.97. The molecule has 1 aliphatic heterocycles. The number of carbonyl (C=O) groups is 2. The van der Waals surface area contributed by atoms with Crippen LogP contribution in [0.3, 0.4) is 0 Å². The van der Waals surface area contributed by atoms with Gasteiger partial charge in [0.1, 0.15) is 5.75 Å². The Labute approximate surface area is 194 Å². The highest BCUT2D eigenvalue weighted by molar-refractivity contribution is 7.10. The Kier molecular flexibility index (Phi) is 6.41. The highest BCUT2D eigenvalue weighted by atomic mass is 32.1. The molecule has 2 heterocycles. The Morgan fingerprint density at radius 3 is 2.61 bits per heavy atom. The molecule has 4 rings (SSSR count). The maximum absolute atomic E-state index is 13.5. The van der Waals surface area contributed by atoms with Crippen LogP contribution < -0.4 is 15.0 Å². The summed E-state index contributed by atoms with van der Waals surface area (Å²) >= 11 is 1.49. The number of nitrogens with zero attached hydrogens (tertiary/aromatic N) is 2. The minimum absolute atomic E-state index is 0.0470. The number of benzene rings is 2. The van der Waals surface area contributed by atoms with Gasteiger partial charge in [-0.15, -0.1) is 11.3 Å². The zero-order chi connectivity index (χ0) is 23.5. The van der Waals surface area contributed by atoms with Crippen LogP contribution in [-0.2, 0) is 9.59 Å². The van der Waals surface area contributed by atoms with Crippen molar-refractivity contribution in [3.63, 3.8) is 0 Å². The molecule has 1 aliphatic rings. The highest BCUT2D eigenvalue weighted by Gasteiger charge is 2.42. The summed E-state index contributed by atoms with van der Waals surface area (Å²) in [5.41, 5.74) is 1.87. The fourth-order valence-corrected chi connectivity index (χ4v) is 4.98. The normalized spacial score (nSPS) is 18.1. The predicted molar refractivity (Wildman–Crippen MR) is 127 cm³/mol. The van der Waals surface area contributed by atoms with Crippen molar-refractivity contribution in [3.8, 4) is 5.75 Å². The maximum Gasteiger partial charge on any atom is 0.271 e. The van der Waals surface area contributed by atoms with Crippen molar-refractivity contribution in [2.45, 2.75) is 25.8 Å². The second-order valence-corrected chi connectivity index (χ2v) is 8.81. The van der Waals surface area contributed by atoms with E-state index in [2.05, 4.69) is 5.32 Å². The van der Waals surface area contributed by atoms with Crippen LogP contribution in [-0.4, -0.2) is 23.8 Å². The molecule has 2 atom stereocenters. The Balaban J connectivity index is 1.71. The van der Waals surface area contributed by atoms with E-state index < -0.39 is 16.9 Å². The van der Waals surface area contributed by atoms with Crippen molar-refractivity contribution in [3.05, 3.63) is 80.5 Å². The molecule has 0 spiro atoms. The number of amides is 2. The summed E-state index contributed by atoms with van der Waals surface area (Å²) in [7, 11) is 1.43. The standard InChI is InChI=1S/C24H23N3O5S/c1-15-5-7-16(8-6-15)26-22(28)12-10-18(23(26)21-4-3-13-33-21)24(29)25-19-14-17(27(30)31)9-11-20(19)32-2/h3-9,11,13-14,18,23H,10,12H2,1-2H3,(H,25,29). The molecule has 1 N–H and O–H groups in total. The predicted octanol–water partition coefficient (Wildman–Crippen LogP) is 5.10. The zero-order valence-corrected chi connectivity index (χ0v) is 19.0. The van der Waals surface area contributed by atoms with Crippen LogP contribution in [0.5, 0.6) is 5.75 Å². The Bertz CT molecular complexity index is 1180. The average molecular weight is 466 g/mol. The minimum Gasteiger partial charge on any atom is -0.495 e. The number of nitrogens with one attached hydrogen (secondary N) is 1. The van der Waals surface area contributed by atoms with E-state index in [-0.39, 0.29) is 29.6 Å². The molecule has 0 aliphatic carbocycles. The number of thiophene rings is 1. The molecule has 2 unspecified atom stereocenters. The van der Waals surface area contributed by atoms with E-state index in [9.17, 15) is 19.7 Å². The van der Waals surface area contributed by atoms with Gasteiger partial charge < -0.3 is 15.0 Å². The number of anilines is 2. The molecule has 0 saturated carbocycles. The number of rotatable bonds is 6. The molecule has 0 bridgehead atoms. The molecular formula is C24H23N3O5S. The topological polar surface area (TPSA) is 102 Å². The van der Waals surface area contributed by atoms with E-state index in [1.807, 2.05) is 48.7 Å². The lowest BCUT2D eigenvalue weighted by Crippen LogP contribution is -2.46.